The first-order valence-corrected chi connectivity index (χ1v) is 3.77. The lowest BCUT2D eigenvalue weighted by molar-refractivity contribution is 0.112. The van der Waals surface area contributed by atoms with Crippen LogP contribution in [0.1, 0.15) is 21.5 Å². The van der Waals surface area contributed by atoms with Gasteiger partial charge in [-0.25, -0.2) is 0 Å². The minimum atomic E-state index is 0.449. The van der Waals surface area contributed by atoms with Gasteiger partial charge < -0.3 is 4.74 Å². The van der Waals surface area contributed by atoms with Gasteiger partial charge in [0.15, 0.2) is 0 Å². The van der Waals surface area contributed by atoms with E-state index in [9.17, 15) is 4.79 Å². The molecule has 0 aliphatic rings. The summed E-state index contributed by atoms with van der Waals surface area (Å²) in [6.45, 7) is 1.77. The molecule has 1 rings (SSSR count). The molecule has 1 aromatic carbocycles. The summed E-state index contributed by atoms with van der Waals surface area (Å²) in [4.78, 5) is 10.5. The summed E-state index contributed by atoms with van der Waals surface area (Å²) in [6.07, 6.45) is 0.733. The standard InChI is InChI=1S/C10H9NO2/c1-7-3-8(6-12)4-10(13-2)9(7)5-11/h3-4,6H,1-2H3. The summed E-state index contributed by atoms with van der Waals surface area (Å²) in [5.41, 5.74) is 1.76. The normalized spacial score (nSPS) is 9.00. The summed E-state index contributed by atoms with van der Waals surface area (Å²) in [6, 6.07) is 5.24. The molecule has 13 heavy (non-hydrogen) atoms. The number of rotatable bonds is 2. The predicted octanol–water partition coefficient (Wildman–Crippen LogP) is 1.69. The van der Waals surface area contributed by atoms with Crippen molar-refractivity contribution in [3.8, 4) is 11.8 Å². The molecule has 0 N–H and O–H groups in total. The lowest BCUT2D eigenvalue weighted by atomic mass is 10.1. The van der Waals surface area contributed by atoms with Gasteiger partial charge in [0.1, 0.15) is 18.1 Å². The Hall–Kier alpha value is -1.82. The van der Waals surface area contributed by atoms with E-state index in [1.54, 1.807) is 19.1 Å². The topological polar surface area (TPSA) is 50.1 Å². The molecule has 0 aromatic heterocycles. The van der Waals surface area contributed by atoms with Gasteiger partial charge in [-0.1, -0.05) is 0 Å². The maximum atomic E-state index is 10.5. The minimum Gasteiger partial charge on any atom is -0.495 e. The molecular weight excluding hydrogens is 166 g/mol. The highest BCUT2D eigenvalue weighted by atomic mass is 16.5. The van der Waals surface area contributed by atoms with Crippen LogP contribution >= 0.6 is 0 Å². The van der Waals surface area contributed by atoms with E-state index in [1.165, 1.54) is 7.11 Å². The van der Waals surface area contributed by atoms with Gasteiger partial charge in [-0.3, -0.25) is 4.79 Å². The largest absolute Gasteiger partial charge is 0.495 e. The first kappa shape index (κ1) is 9.27. The predicted molar refractivity (Wildman–Crippen MR) is 47.8 cm³/mol. The molecule has 1 aromatic rings. The van der Waals surface area contributed by atoms with E-state index >= 15 is 0 Å². The van der Waals surface area contributed by atoms with Crippen LogP contribution in [0.2, 0.25) is 0 Å². The van der Waals surface area contributed by atoms with E-state index in [0.717, 1.165) is 11.8 Å². The van der Waals surface area contributed by atoms with Crippen molar-refractivity contribution in [3.63, 3.8) is 0 Å². The van der Waals surface area contributed by atoms with Crippen LogP contribution in [0.4, 0.5) is 0 Å². The highest BCUT2D eigenvalue weighted by Crippen LogP contribution is 2.22. The van der Waals surface area contributed by atoms with E-state index in [4.69, 9.17) is 10.00 Å². The van der Waals surface area contributed by atoms with Crippen LogP contribution < -0.4 is 4.74 Å². The van der Waals surface area contributed by atoms with Crippen molar-refractivity contribution in [2.45, 2.75) is 6.92 Å². The number of aldehydes is 1. The molecule has 0 saturated carbocycles. The van der Waals surface area contributed by atoms with Crippen molar-refractivity contribution < 1.29 is 9.53 Å². The number of methoxy groups -OCH3 is 1. The molecule has 3 nitrogen and oxygen atoms in total. The number of benzene rings is 1. The van der Waals surface area contributed by atoms with Crippen molar-refractivity contribution in [1.29, 1.82) is 5.26 Å². The number of ether oxygens (including phenoxy) is 1. The fraction of sp³-hybridized carbons (Fsp3) is 0.200. The van der Waals surface area contributed by atoms with Gasteiger partial charge in [0.25, 0.3) is 0 Å². The number of aryl methyl sites for hydroxylation is 1. The summed E-state index contributed by atoms with van der Waals surface area (Å²) < 4.78 is 4.98. The average Bonchev–Trinajstić information content (AvgIpc) is 2.16. The Bertz CT molecular complexity index is 377. The molecule has 0 aliphatic heterocycles. The summed E-state index contributed by atoms with van der Waals surface area (Å²) in [5.74, 6) is 0.449. The monoisotopic (exact) mass is 175 g/mol. The van der Waals surface area contributed by atoms with E-state index in [1.807, 2.05) is 6.07 Å². The third kappa shape index (κ3) is 1.67. The van der Waals surface area contributed by atoms with Gasteiger partial charge in [-0.2, -0.15) is 5.26 Å². The molecule has 0 saturated heterocycles. The second kappa shape index (κ2) is 3.72. The van der Waals surface area contributed by atoms with Crippen molar-refractivity contribution >= 4 is 6.29 Å². The van der Waals surface area contributed by atoms with Crippen LogP contribution in [0, 0.1) is 18.3 Å². The summed E-state index contributed by atoms with van der Waals surface area (Å²) >= 11 is 0. The maximum absolute atomic E-state index is 10.5. The Morgan fingerprint density at radius 3 is 2.69 bits per heavy atom. The number of nitrogens with zero attached hydrogens (tertiary/aromatic N) is 1. The van der Waals surface area contributed by atoms with Crippen LogP contribution in [0.5, 0.6) is 5.75 Å². The van der Waals surface area contributed by atoms with Crippen LogP contribution in [-0.2, 0) is 0 Å². The number of carbonyl (C=O) groups excluding carboxylic acids is 1. The second-order valence-electron chi connectivity index (χ2n) is 2.64. The van der Waals surface area contributed by atoms with E-state index in [-0.39, 0.29) is 0 Å². The molecule has 0 heterocycles. The van der Waals surface area contributed by atoms with Crippen molar-refractivity contribution in [1.82, 2.24) is 0 Å². The number of nitriles is 1. The molecule has 0 spiro atoms. The van der Waals surface area contributed by atoms with Crippen LogP contribution in [0.3, 0.4) is 0 Å². The fourth-order valence-electron chi connectivity index (χ4n) is 1.15. The quantitative estimate of drug-likeness (QED) is 0.642. The van der Waals surface area contributed by atoms with E-state index < -0.39 is 0 Å². The van der Waals surface area contributed by atoms with E-state index in [2.05, 4.69) is 0 Å². The Morgan fingerprint density at radius 1 is 1.54 bits per heavy atom. The lowest BCUT2D eigenvalue weighted by Gasteiger charge is -2.05. The molecule has 0 bridgehead atoms. The van der Waals surface area contributed by atoms with E-state index in [0.29, 0.717) is 16.9 Å². The van der Waals surface area contributed by atoms with Gasteiger partial charge in [-0.05, 0) is 24.6 Å². The van der Waals surface area contributed by atoms with Crippen LogP contribution in [0.25, 0.3) is 0 Å². The Labute approximate surface area is 76.6 Å². The molecule has 0 unspecified atom stereocenters. The van der Waals surface area contributed by atoms with Crippen LogP contribution in [-0.4, -0.2) is 13.4 Å². The van der Waals surface area contributed by atoms with Crippen molar-refractivity contribution in [3.05, 3.63) is 28.8 Å². The fourth-order valence-corrected chi connectivity index (χ4v) is 1.15. The first-order valence-electron chi connectivity index (χ1n) is 3.77. The first-order chi connectivity index (χ1) is 6.22. The zero-order valence-corrected chi connectivity index (χ0v) is 7.50. The molecule has 0 atom stereocenters. The molecular formula is C10H9NO2. The number of carbonyl (C=O) groups is 1. The third-order valence-corrected chi connectivity index (χ3v) is 1.79. The molecule has 0 aliphatic carbocycles. The van der Waals surface area contributed by atoms with Gasteiger partial charge >= 0.3 is 0 Å². The highest BCUT2D eigenvalue weighted by molar-refractivity contribution is 5.77. The SMILES string of the molecule is COc1cc(C=O)cc(C)c1C#N. The van der Waals surface area contributed by atoms with Gasteiger partial charge in [-0.15, -0.1) is 0 Å². The molecule has 3 heteroatoms. The molecule has 0 radical (unpaired) electrons. The summed E-state index contributed by atoms with van der Waals surface area (Å²) in [7, 11) is 1.48. The molecule has 0 fully saturated rings. The minimum absolute atomic E-state index is 0.449. The Balaban J connectivity index is 3.39. The van der Waals surface area contributed by atoms with Crippen molar-refractivity contribution in [2.24, 2.45) is 0 Å². The van der Waals surface area contributed by atoms with Crippen LogP contribution in [0.15, 0.2) is 12.1 Å². The maximum Gasteiger partial charge on any atom is 0.150 e. The summed E-state index contributed by atoms with van der Waals surface area (Å²) in [5, 5.41) is 8.78. The molecule has 0 amide bonds. The Morgan fingerprint density at radius 2 is 2.23 bits per heavy atom. The zero-order valence-electron chi connectivity index (χ0n) is 7.50. The zero-order chi connectivity index (χ0) is 9.84. The van der Waals surface area contributed by atoms with Gasteiger partial charge in [0, 0.05) is 5.56 Å². The average molecular weight is 175 g/mol. The lowest BCUT2D eigenvalue weighted by Crippen LogP contribution is -1.93. The van der Waals surface area contributed by atoms with Gasteiger partial charge in [0.2, 0.25) is 0 Å². The van der Waals surface area contributed by atoms with Crippen molar-refractivity contribution in [2.75, 3.05) is 7.11 Å². The smallest absolute Gasteiger partial charge is 0.150 e. The molecule has 66 valence electrons. The number of hydrogen-bond acceptors (Lipinski definition) is 3. The second-order valence-corrected chi connectivity index (χ2v) is 2.64. The Kier molecular flexibility index (Phi) is 2.65. The number of hydrogen-bond donors (Lipinski definition) is 0. The third-order valence-electron chi connectivity index (χ3n) is 1.79. The highest BCUT2D eigenvalue weighted by Gasteiger charge is 2.07. The van der Waals surface area contributed by atoms with Gasteiger partial charge in [0.05, 0.1) is 12.7 Å².